The lowest BCUT2D eigenvalue weighted by Gasteiger charge is -2.08. The molecule has 0 bridgehead atoms. The molecule has 0 fully saturated rings. The number of allylic oxidation sites excluding steroid dienone is 2. The van der Waals surface area contributed by atoms with Crippen molar-refractivity contribution in [3.05, 3.63) is 102 Å². The molecule has 3 aromatic carbocycles. The van der Waals surface area contributed by atoms with Gasteiger partial charge in [0.2, 0.25) is 0 Å². The molecule has 0 saturated heterocycles. The summed E-state index contributed by atoms with van der Waals surface area (Å²) in [6, 6.07) is 23.3. The Hall–Kier alpha value is -3.90. The zero-order valence-corrected chi connectivity index (χ0v) is 17.4. The first-order chi connectivity index (χ1) is 14.6. The van der Waals surface area contributed by atoms with Gasteiger partial charge >= 0.3 is 0 Å². The first-order valence-corrected chi connectivity index (χ1v) is 9.48. The molecule has 0 heterocycles. The van der Waals surface area contributed by atoms with Gasteiger partial charge in [-0.15, -0.1) is 0 Å². The summed E-state index contributed by atoms with van der Waals surface area (Å²) in [6.45, 7) is 4.29. The minimum atomic E-state index is 0.802. The molecule has 0 N–H and O–H groups in total. The van der Waals surface area contributed by atoms with Crippen LogP contribution < -0.4 is 14.2 Å². The van der Waals surface area contributed by atoms with Crippen molar-refractivity contribution in [2.45, 2.75) is 0 Å². The second-order valence-corrected chi connectivity index (χ2v) is 6.52. The Kier molecular flexibility index (Phi) is 6.97. The van der Waals surface area contributed by atoms with Gasteiger partial charge in [-0.25, -0.2) is 0 Å². The van der Waals surface area contributed by atoms with E-state index in [1.165, 1.54) is 0 Å². The van der Waals surface area contributed by atoms with Crippen molar-refractivity contribution in [1.82, 2.24) is 0 Å². The Morgan fingerprint density at radius 1 is 0.700 bits per heavy atom. The first kappa shape index (κ1) is 20.8. The van der Waals surface area contributed by atoms with Gasteiger partial charge in [-0.1, -0.05) is 42.7 Å². The molecule has 0 unspecified atom stereocenters. The highest BCUT2D eigenvalue weighted by Gasteiger charge is 2.05. The van der Waals surface area contributed by atoms with Gasteiger partial charge in [0.1, 0.15) is 17.2 Å². The monoisotopic (exact) mass is 396 g/mol. The largest absolute Gasteiger partial charge is 0.497 e. The highest BCUT2D eigenvalue weighted by molar-refractivity contribution is 5.88. The van der Waals surface area contributed by atoms with E-state index in [9.17, 15) is 0 Å². The topological polar surface area (TPSA) is 27.7 Å². The Morgan fingerprint density at radius 3 is 1.67 bits per heavy atom. The number of methoxy groups -OCH3 is 3. The normalized spacial score (nSPS) is 10.6. The number of rotatable bonds is 6. The van der Waals surface area contributed by atoms with Gasteiger partial charge in [0.05, 0.1) is 21.3 Å². The molecule has 0 aliphatic carbocycles. The molecule has 3 aromatic rings. The quantitative estimate of drug-likeness (QED) is 0.386. The lowest BCUT2D eigenvalue weighted by molar-refractivity contribution is 0.414. The van der Waals surface area contributed by atoms with E-state index in [0.717, 1.165) is 45.1 Å². The molecule has 30 heavy (non-hydrogen) atoms. The summed E-state index contributed by atoms with van der Waals surface area (Å²) < 4.78 is 15.7. The van der Waals surface area contributed by atoms with E-state index >= 15 is 0 Å². The van der Waals surface area contributed by atoms with E-state index in [4.69, 9.17) is 14.2 Å². The summed E-state index contributed by atoms with van der Waals surface area (Å²) in [5.41, 5.74) is 4.58. The highest BCUT2D eigenvalue weighted by Crippen LogP contribution is 2.26. The van der Waals surface area contributed by atoms with Crippen LogP contribution in [0.1, 0.15) is 16.7 Å². The minimum Gasteiger partial charge on any atom is -0.497 e. The van der Waals surface area contributed by atoms with Crippen molar-refractivity contribution >= 4 is 11.6 Å². The van der Waals surface area contributed by atoms with Gasteiger partial charge in [-0.05, 0) is 71.3 Å². The van der Waals surface area contributed by atoms with Crippen LogP contribution in [0.4, 0.5) is 0 Å². The Labute approximate surface area is 178 Å². The number of hydrogen-bond acceptors (Lipinski definition) is 3. The lowest BCUT2D eigenvalue weighted by atomic mass is 9.97. The predicted molar refractivity (Wildman–Crippen MR) is 123 cm³/mol. The fraction of sp³-hybridized carbons (Fsp3) is 0.111. The third-order valence-corrected chi connectivity index (χ3v) is 4.62. The summed E-state index contributed by atoms with van der Waals surface area (Å²) in [6.07, 6.45) is 2.03. The van der Waals surface area contributed by atoms with Gasteiger partial charge in [0.15, 0.2) is 0 Å². The summed E-state index contributed by atoms with van der Waals surface area (Å²) in [5.74, 6) is 8.93. The smallest absolute Gasteiger partial charge is 0.118 e. The maximum atomic E-state index is 5.26. The Balaban J connectivity index is 1.97. The van der Waals surface area contributed by atoms with Gasteiger partial charge in [0.25, 0.3) is 0 Å². The summed E-state index contributed by atoms with van der Waals surface area (Å²) in [7, 11) is 4.95. The second-order valence-electron chi connectivity index (χ2n) is 6.52. The maximum absolute atomic E-state index is 5.26. The van der Waals surface area contributed by atoms with Gasteiger partial charge in [-0.2, -0.15) is 0 Å². The van der Waals surface area contributed by atoms with Gasteiger partial charge < -0.3 is 14.2 Å². The molecular weight excluding hydrogens is 372 g/mol. The number of benzene rings is 3. The zero-order valence-electron chi connectivity index (χ0n) is 17.4. The van der Waals surface area contributed by atoms with Crippen LogP contribution in [0.5, 0.6) is 17.2 Å². The molecule has 0 amide bonds. The molecule has 3 nitrogen and oxygen atoms in total. The molecule has 0 aliphatic heterocycles. The third kappa shape index (κ3) is 5.33. The van der Waals surface area contributed by atoms with E-state index in [2.05, 4.69) is 18.4 Å². The van der Waals surface area contributed by atoms with Crippen LogP contribution in [0.2, 0.25) is 0 Å². The van der Waals surface area contributed by atoms with Gasteiger partial charge in [-0.3, -0.25) is 0 Å². The average Bonchev–Trinajstić information content (AvgIpc) is 2.82. The van der Waals surface area contributed by atoms with Crippen LogP contribution in [-0.2, 0) is 0 Å². The SMILES string of the molecule is C=C(/C(C#Cc1ccc(OC)cc1)=C\c1ccc(OC)cc1)c1ccc(OC)cc1. The first-order valence-electron chi connectivity index (χ1n) is 9.48. The van der Waals surface area contributed by atoms with Crippen molar-refractivity contribution in [3.63, 3.8) is 0 Å². The van der Waals surface area contributed by atoms with Crippen molar-refractivity contribution in [1.29, 1.82) is 0 Å². The van der Waals surface area contributed by atoms with Gasteiger partial charge in [0, 0.05) is 11.1 Å². The van der Waals surface area contributed by atoms with E-state index < -0.39 is 0 Å². The number of hydrogen-bond donors (Lipinski definition) is 0. The molecule has 150 valence electrons. The van der Waals surface area contributed by atoms with Crippen LogP contribution in [0.3, 0.4) is 0 Å². The molecule has 3 heteroatoms. The second kappa shape index (κ2) is 10.0. The molecule has 0 atom stereocenters. The summed E-state index contributed by atoms with van der Waals surface area (Å²) in [4.78, 5) is 0. The molecule has 0 radical (unpaired) electrons. The van der Waals surface area contributed by atoms with Crippen LogP contribution >= 0.6 is 0 Å². The standard InChI is InChI=1S/C27H24O3/c1-20(23-11-17-27(30-4)18-12-23)24(19-22-8-15-26(29-3)16-9-22)10-5-21-6-13-25(28-2)14-7-21/h6-9,11-19H,1H2,2-4H3/b24-19-. The van der Waals surface area contributed by atoms with Crippen LogP contribution in [-0.4, -0.2) is 21.3 Å². The minimum absolute atomic E-state index is 0.802. The Bertz CT molecular complexity index is 1080. The average molecular weight is 396 g/mol. The third-order valence-electron chi connectivity index (χ3n) is 4.62. The van der Waals surface area contributed by atoms with Crippen LogP contribution in [0.15, 0.2) is 84.9 Å². The molecule has 0 spiro atoms. The summed E-state index contributed by atoms with van der Waals surface area (Å²) >= 11 is 0. The van der Waals surface area contributed by atoms with Crippen LogP contribution in [0, 0.1) is 11.8 Å². The van der Waals surface area contributed by atoms with E-state index in [0.29, 0.717) is 0 Å². The van der Waals surface area contributed by atoms with E-state index in [1.54, 1.807) is 21.3 Å². The van der Waals surface area contributed by atoms with Crippen molar-refractivity contribution in [2.24, 2.45) is 0 Å². The van der Waals surface area contributed by atoms with Crippen molar-refractivity contribution < 1.29 is 14.2 Å². The lowest BCUT2D eigenvalue weighted by Crippen LogP contribution is -1.89. The highest BCUT2D eigenvalue weighted by atomic mass is 16.5. The molecule has 0 aromatic heterocycles. The number of ether oxygens (including phenoxy) is 3. The summed E-state index contributed by atoms with van der Waals surface area (Å²) in [5, 5.41) is 0. The van der Waals surface area contributed by atoms with E-state index in [-0.39, 0.29) is 0 Å². The van der Waals surface area contributed by atoms with E-state index in [1.807, 2.05) is 78.9 Å². The zero-order chi connectivity index (χ0) is 21.3. The fourth-order valence-corrected chi connectivity index (χ4v) is 2.83. The fourth-order valence-electron chi connectivity index (χ4n) is 2.83. The molecule has 0 saturated carbocycles. The molecular formula is C27H24O3. The van der Waals surface area contributed by atoms with Crippen molar-refractivity contribution in [2.75, 3.05) is 21.3 Å². The Morgan fingerprint density at radius 2 is 1.17 bits per heavy atom. The predicted octanol–water partition coefficient (Wildman–Crippen LogP) is 5.86. The van der Waals surface area contributed by atoms with Crippen LogP contribution in [0.25, 0.3) is 11.6 Å². The molecule has 3 rings (SSSR count). The maximum Gasteiger partial charge on any atom is 0.118 e. The van der Waals surface area contributed by atoms with Crippen molar-refractivity contribution in [3.8, 4) is 29.1 Å². The molecule has 0 aliphatic rings.